The second-order valence-electron chi connectivity index (χ2n) is 16.0. The highest BCUT2D eigenvalue weighted by Crippen LogP contribution is 2.64. The number of benzene rings is 8. The van der Waals surface area contributed by atoms with Crippen molar-refractivity contribution in [3.05, 3.63) is 221 Å². The van der Waals surface area contributed by atoms with Gasteiger partial charge >= 0.3 is 0 Å². The molecule has 13 rings (SSSR count). The van der Waals surface area contributed by atoms with E-state index < -0.39 is 10.8 Å². The Labute approximate surface area is 335 Å². The molecule has 8 aromatic carbocycles. The molecule has 0 N–H and O–H groups in total. The third-order valence-corrected chi connectivity index (χ3v) is 13.2. The van der Waals surface area contributed by atoms with Gasteiger partial charge in [0.25, 0.3) is 0 Å². The topological polar surface area (TPSA) is 51.8 Å². The van der Waals surface area contributed by atoms with Crippen molar-refractivity contribution in [2.24, 2.45) is 0 Å². The Balaban J connectivity index is 1.26. The van der Waals surface area contributed by atoms with E-state index in [4.69, 9.17) is 19.4 Å². The monoisotopic (exact) mass is 739 g/mol. The molecular weight excluding hydrogens is 707 g/mol. The van der Waals surface area contributed by atoms with Crippen LogP contribution in [0.15, 0.2) is 186 Å². The first-order valence-electron chi connectivity index (χ1n) is 19.9. The standard InChI is InChI=1S/C54H33N3O/c1-53-42-24-12-13-25-43(42)54(40-22-10-8-19-36(40)37-20-9-11-23-41(37)54)46-31-48-39(30-45(46)53)49-38(21-14-26-47(49)58-48)52-56-50(33-17-6-3-7-18-33)55-51(57-52)34-27-28-35(44(53)29-34)32-15-4-2-5-16-32/h2-31H,1H3. The fourth-order valence-corrected chi connectivity index (χ4v) is 10.7. The molecular formula is C54H33N3O. The third kappa shape index (κ3) is 3.96. The van der Waals surface area contributed by atoms with E-state index in [1.54, 1.807) is 0 Å². The average molecular weight is 740 g/mol. The molecule has 1 atom stereocenters. The molecule has 4 nitrogen and oxygen atoms in total. The Morgan fingerprint density at radius 3 is 1.67 bits per heavy atom. The van der Waals surface area contributed by atoms with Crippen LogP contribution in [-0.2, 0) is 10.8 Å². The zero-order chi connectivity index (χ0) is 38.2. The van der Waals surface area contributed by atoms with Gasteiger partial charge in [0.05, 0.1) is 5.41 Å². The minimum Gasteiger partial charge on any atom is -0.456 e. The van der Waals surface area contributed by atoms with Gasteiger partial charge in [-0.2, -0.15) is 0 Å². The van der Waals surface area contributed by atoms with Crippen molar-refractivity contribution in [2.45, 2.75) is 17.8 Å². The average Bonchev–Trinajstić information content (AvgIpc) is 3.81. The molecule has 0 saturated carbocycles. The molecule has 0 amide bonds. The summed E-state index contributed by atoms with van der Waals surface area (Å²) in [4.78, 5) is 15.7. The van der Waals surface area contributed by atoms with Crippen LogP contribution in [0.2, 0.25) is 0 Å². The number of rotatable bonds is 2. The zero-order valence-corrected chi connectivity index (χ0v) is 31.6. The molecule has 58 heavy (non-hydrogen) atoms. The highest BCUT2D eigenvalue weighted by Gasteiger charge is 2.55. The largest absolute Gasteiger partial charge is 0.456 e. The van der Waals surface area contributed by atoms with Crippen molar-refractivity contribution in [1.82, 2.24) is 15.0 Å². The maximum Gasteiger partial charge on any atom is 0.164 e. The maximum atomic E-state index is 6.98. The summed E-state index contributed by atoms with van der Waals surface area (Å²) in [5.74, 6) is 1.88. The highest BCUT2D eigenvalue weighted by atomic mass is 16.3. The fourth-order valence-electron chi connectivity index (χ4n) is 10.7. The van der Waals surface area contributed by atoms with Gasteiger partial charge in [0, 0.05) is 32.9 Å². The SMILES string of the molecule is CC12c3cc(ccc3-c3ccccc3)-c3nc(-c4ccccc4)nc(n3)-c3cccc4oc5cc(c1cc5c34)C1(c3ccccc3-c3ccccc31)c1ccccc12. The van der Waals surface area contributed by atoms with Crippen LogP contribution in [0.25, 0.3) is 78.4 Å². The van der Waals surface area contributed by atoms with Crippen LogP contribution in [0.4, 0.5) is 0 Å². The first-order chi connectivity index (χ1) is 28.6. The second kappa shape index (κ2) is 11.3. The molecule has 3 aliphatic rings. The molecule has 6 bridgehead atoms. The molecule has 270 valence electrons. The lowest BCUT2D eigenvalue weighted by Gasteiger charge is -2.48. The van der Waals surface area contributed by atoms with Gasteiger partial charge in [-0.25, -0.2) is 15.0 Å². The first kappa shape index (κ1) is 31.7. The second-order valence-corrected chi connectivity index (χ2v) is 16.0. The maximum absolute atomic E-state index is 6.98. The van der Waals surface area contributed by atoms with Crippen LogP contribution in [0, 0.1) is 0 Å². The Hall–Kier alpha value is -7.43. The van der Waals surface area contributed by atoms with Gasteiger partial charge in [-0.3, -0.25) is 0 Å². The number of furan rings is 1. The molecule has 2 aromatic heterocycles. The first-order valence-corrected chi connectivity index (χ1v) is 19.9. The summed E-state index contributed by atoms with van der Waals surface area (Å²) in [7, 11) is 0. The number of nitrogens with zero attached hydrogens (tertiary/aromatic N) is 3. The van der Waals surface area contributed by atoms with Crippen LogP contribution < -0.4 is 0 Å². The summed E-state index contributed by atoms with van der Waals surface area (Å²) in [6.45, 7) is 2.44. The molecule has 0 radical (unpaired) electrons. The summed E-state index contributed by atoms with van der Waals surface area (Å²) in [5.41, 5.74) is 16.9. The summed E-state index contributed by atoms with van der Waals surface area (Å²) < 4.78 is 6.98. The molecule has 1 spiro atoms. The Morgan fingerprint density at radius 2 is 0.948 bits per heavy atom. The van der Waals surface area contributed by atoms with Gasteiger partial charge in [0.15, 0.2) is 17.5 Å². The van der Waals surface area contributed by atoms with Gasteiger partial charge in [0.1, 0.15) is 11.2 Å². The van der Waals surface area contributed by atoms with E-state index in [0.29, 0.717) is 17.5 Å². The smallest absolute Gasteiger partial charge is 0.164 e. The molecule has 0 fully saturated rings. The van der Waals surface area contributed by atoms with Crippen molar-refractivity contribution in [2.75, 3.05) is 0 Å². The van der Waals surface area contributed by atoms with Crippen LogP contribution >= 0.6 is 0 Å². The number of hydrogen-bond donors (Lipinski definition) is 0. The lowest BCUT2D eigenvalue weighted by Crippen LogP contribution is -2.42. The molecule has 4 heteroatoms. The normalized spacial score (nSPS) is 16.2. The Morgan fingerprint density at radius 1 is 0.362 bits per heavy atom. The van der Waals surface area contributed by atoms with E-state index in [-0.39, 0.29) is 0 Å². The van der Waals surface area contributed by atoms with Crippen LogP contribution in [0.5, 0.6) is 0 Å². The Bertz CT molecular complexity index is 3320. The van der Waals surface area contributed by atoms with Crippen molar-refractivity contribution in [1.29, 1.82) is 0 Å². The van der Waals surface area contributed by atoms with E-state index in [1.807, 2.05) is 18.2 Å². The zero-order valence-electron chi connectivity index (χ0n) is 31.6. The third-order valence-electron chi connectivity index (χ3n) is 13.2. The fraction of sp³-hybridized carbons (Fsp3) is 0.0556. The minimum atomic E-state index is -0.630. The molecule has 1 aliphatic heterocycles. The highest BCUT2D eigenvalue weighted by molar-refractivity contribution is 6.13. The lowest BCUT2D eigenvalue weighted by molar-refractivity contribution is 0.594. The van der Waals surface area contributed by atoms with Crippen molar-refractivity contribution in [3.63, 3.8) is 0 Å². The van der Waals surface area contributed by atoms with Gasteiger partial charge in [-0.15, -0.1) is 0 Å². The van der Waals surface area contributed by atoms with E-state index >= 15 is 0 Å². The van der Waals surface area contributed by atoms with Crippen molar-refractivity contribution < 1.29 is 4.42 Å². The van der Waals surface area contributed by atoms with Gasteiger partial charge < -0.3 is 4.42 Å². The van der Waals surface area contributed by atoms with E-state index in [1.165, 1.54) is 55.6 Å². The molecule has 3 heterocycles. The van der Waals surface area contributed by atoms with Crippen molar-refractivity contribution >= 4 is 21.9 Å². The number of fused-ring (bicyclic) bond motifs is 16. The predicted octanol–water partition coefficient (Wildman–Crippen LogP) is 12.8. The van der Waals surface area contributed by atoms with Gasteiger partial charge in [-0.1, -0.05) is 158 Å². The summed E-state index contributed by atoms with van der Waals surface area (Å²) in [6.07, 6.45) is 0. The quantitative estimate of drug-likeness (QED) is 0.177. The summed E-state index contributed by atoms with van der Waals surface area (Å²) in [5, 5.41) is 2.05. The van der Waals surface area contributed by atoms with Gasteiger partial charge in [0.2, 0.25) is 0 Å². The predicted molar refractivity (Wildman–Crippen MR) is 232 cm³/mol. The number of aromatic nitrogens is 3. The lowest BCUT2D eigenvalue weighted by atomic mass is 9.53. The number of hydrogen-bond acceptors (Lipinski definition) is 4. The van der Waals surface area contributed by atoms with E-state index in [2.05, 4.69) is 171 Å². The van der Waals surface area contributed by atoms with E-state index in [9.17, 15) is 0 Å². The van der Waals surface area contributed by atoms with E-state index in [0.717, 1.165) is 44.2 Å². The molecule has 10 aromatic rings. The summed E-state index contributed by atoms with van der Waals surface area (Å²) in [6, 6.07) is 66.0. The summed E-state index contributed by atoms with van der Waals surface area (Å²) >= 11 is 0. The van der Waals surface area contributed by atoms with Crippen molar-refractivity contribution in [3.8, 4) is 56.4 Å². The molecule has 1 unspecified atom stereocenters. The van der Waals surface area contributed by atoms with Crippen LogP contribution in [0.1, 0.15) is 45.9 Å². The van der Waals surface area contributed by atoms with Gasteiger partial charge in [-0.05, 0) is 92.4 Å². The Kier molecular flexibility index (Phi) is 6.20. The minimum absolute atomic E-state index is 0.588. The molecule has 0 saturated heterocycles. The van der Waals surface area contributed by atoms with Crippen LogP contribution in [0.3, 0.4) is 0 Å². The molecule has 2 aliphatic carbocycles. The van der Waals surface area contributed by atoms with Crippen LogP contribution in [-0.4, -0.2) is 15.0 Å².